The van der Waals surface area contributed by atoms with Crippen molar-refractivity contribution in [2.75, 3.05) is 0 Å². The van der Waals surface area contributed by atoms with Crippen LogP contribution in [0.3, 0.4) is 0 Å². The third kappa shape index (κ3) is 2.42. The Bertz CT molecular complexity index is 661. The fourth-order valence-electron chi connectivity index (χ4n) is 10.2. The molecule has 0 radical (unpaired) electrons. The minimum absolute atomic E-state index is 0.527. The molecule has 9 aliphatic carbocycles. The molecular formula is C28H36. The van der Waals surface area contributed by atoms with Crippen molar-refractivity contribution in [3.8, 4) is 0 Å². The maximum Gasteiger partial charge on any atom is -0.00391 e. The van der Waals surface area contributed by atoms with Gasteiger partial charge in [-0.05, 0) is 135 Å². The average Bonchev–Trinajstić information content (AvgIpc) is 2.58. The number of allylic oxidation sites excluding steroid dienone is 8. The van der Waals surface area contributed by atoms with Gasteiger partial charge in [-0.15, -0.1) is 0 Å². The molecule has 0 heterocycles. The molecule has 0 aromatic rings. The van der Waals surface area contributed by atoms with Crippen molar-refractivity contribution < 1.29 is 0 Å². The summed E-state index contributed by atoms with van der Waals surface area (Å²) in [5.74, 6) is 6.21. The van der Waals surface area contributed by atoms with Crippen LogP contribution in [-0.2, 0) is 0 Å². The van der Waals surface area contributed by atoms with E-state index in [0.717, 1.165) is 35.5 Å². The SMILES string of the molecule is C1=C\C(C23CC4CC(CC(C4)C2)C3)=C/C=C(C23CC4CC(CC(C4)C2)C3)\C=C/1. The van der Waals surface area contributed by atoms with E-state index in [1.54, 1.807) is 49.7 Å². The normalized spacial score (nSPS) is 59.1. The Morgan fingerprint density at radius 2 is 0.750 bits per heavy atom. The summed E-state index contributed by atoms with van der Waals surface area (Å²) in [6, 6.07) is 0. The minimum Gasteiger partial charge on any atom is -0.0620 e. The molecule has 8 saturated carbocycles. The molecule has 0 spiro atoms. The quantitative estimate of drug-likeness (QED) is 0.474. The van der Waals surface area contributed by atoms with E-state index in [0.29, 0.717) is 10.8 Å². The predicted octanol–water partition coefficient (Wildman–Crippen LogP) is 7.40. The lowest BCUT2D eigenvalue weighted by atomic mass is 9.47. The van der Waals surface area contributed by atoms with E-state index in [1.807, 2.05) is 0 Å². The lowest BCUT2D eigenvalue weighted by Crippen LogP contribution is -2.47. The molecular weight excluding hydrogens is 336 g/mol. The Morgan fingerprint density at radius 1 is 0.464 bits per heavy atom. The van der Waals surface area contributed by atoms with Crippen molar-refractivity contribution in [3.63, 3.8) is 0 Å². The zero-order valence-electron chi connectivity index (χ0n) is 17.4. The molecule has 0 aromatic carbocycles. The van der Waals surface area contributed by atoms with Crippen LogP contribution in [0.1, 0.15) is 77.0 Å². The molecule has 0 N–H and O–H groups in total. The van der Waals surface area contributed by atoms with Crippen molar-refractivity contribution in [2.24, 2.45) is 46.3 Å². The van der Waals surface area contributed by atoms with E-state index in [-0.39, 0.29) is 0 Å². The molecule has 9 rings (SSSR count). The largest absolute Gasteiger partial charge is 0.0620 e. The van der Waals surface area contributed by atoms with Gasteiger partial charge >= 0.3 is 0 Å². The molecule has 0 amide bonds. The second-order valence-electron chi connectivity index (χ2n) is 12.4. The second kappa shape index (κ2) is 5.77. The van der Waals surface area contributed by atoms with Gasteiger partial charge in [-0.1, -0.05) is 36.5 Å². The summed E-state index contributed by atoms with van der Waals surface area (Å²) in [7, 11) is 0. The van der Waals surface area contributed by atoms with Crippen molar-refractivity contribution in [2.45, 2.75) is 77.0 Å². The maximum absolute atomic E-state index is 2.61. The molecule has 28 heavy (non-hydrogen) atoms. The maximum atomic E-state index is 2.61. The summed E-state index contributed by atoms with van der Waals surface area (Å²) >= 11 is 0. The van der Waals surface area contributed by atoms with Crippen LogP contribution in [-0.4, -0.2) is 0 Å². The highest BCUT2D eigenvalue weighted by molar-refractivity contribution is 5.43. The van der Waals surface area contributed by atoms with Gasteiger partial charge in [-0.3, -0.25) is 0 Å². The van der Waals surface area contributed by atoms with Gasteiger partial charge in [-0.2, -0.15) is 0 Å². The van der Waals surface area contributed by atoms with Crippen LogP contribution in [0.2, 0.25) is 0 Å². The highest BCUT2D eigenvalue weighted by Crippen LogP contribution is 2.64. The monoisotopic (exact) mass is 372 g/mol. The Kier molecular flexibility index (Phi) is 3.44. The van der Waals surface area contributed by atoms with E-state index in [1.165, 1.54) is 38.5 Å². The van der Waals surface area contributed by atoms with Crippen molar-refractivity contribution in [1.29, 1.82) is 0 Å². The molecule has 0 unspecified atom stereocenters. The van der Waals surface area contributed by atoms with Gasteiger partial charge in [-0.25, -0.2) is 0 Å². The zero-order valence-corrected chi connectivity index (χ0v) is 17.4. The van der Waals surface area contributed by atoms with Gasteiger partial charge in [0, 0.05) is 0 Å². The van der Waals surface area contributed by atoms with Crippen LogP contribution in [0.15, 0.2) is 47.6 Å². The Morgan fingerprint density at radius 3 is 1.04 bits per heavy atom. The van der Waals surface area contributed by atoms with Crippen molar-refractivity contribution in [3.05, 3.63) is 47.6 Å². The molecule has 8 fully saturated rings. The Hall–Kier alpha value is -1.04. The van der Waals surface area contributed by atoms with Gasteiger partial charge in [0.05, 0.1) is 0 Å². The first-order valence-electron chi connectivity index (χ1n) is 12.5. The number of rotatable bonds is 2. The van der Waals surface area contributed by atoms with E-state index >= 15 is 0 Å². The average molecular weight is 373 g/mol. The summed E-state index contributed by atoms with van der Waals surface area (Å²) in [5.41, 5.74) is 4.44. The minimum atomic E-state index is 0.527. The number of hydrogen-bond acceptors (Lipinski definition) is 0. The molecule has 0 aromatic heterocycles. The van der Waals surface area contributed by atoms with Crippen molar-refractivity contribution >= 4 is 0 Å². The van der Waals surface area contributed by atoms with Crippen LogP contribution in [0, 0.1) is 46.3 Å². The molecule has 148 valence electrons. The van der Waals surface area contributed by atoms with Gasteiger partial charge < -0.3 is 0 Å². The smallest absolute Gasteiger partial charge is 0.00391 e. The van der Waals surface area contributed by atoms with E-state index < -0.39 is 0 Å². The molecule has 0 nitrogen and oxygen atoms in total. The lowest BCUT2D eigenvalue weighted by Gasteiger charge is -2.58. The van der Waals surface area contributed by atoms with Gasteiger partial charge in [0.25, 0.3) is 0 Å². The van der Waals surface area contributed by atoms with E-state index in [2.05, 4.69) is 36.5 Å². The molecule has 0 atom stereocenters. The molecule has 0 heteroatoms. The van der Waals surface area contributed by atoms with Gasteiger partial charge in [0.2, 0.25) is 0 Å². The summed E-state index contributed by atoms with van der Waals surface area (Å²) in [5, 5.41) is 0. The summed E-state index contributed by atoms with van der Waals surface area (Å²) < 4.78 is 0. The summed E-state index contributed by atoms with van der Waals surface area (Å²) in [4.78, 5) is 0. The van der Waals surface area contributed by atoms with Crippen LogP contribution in [0.5, 0.6) is 0 Å². The van der Waals surface area contributed by atoms with Crippen LogP contribution >= 0.6 is 0 Å². The van der Waals surface area contributed by atoms with Crippen LogP contribution < -0.4 is 0 Å². The van der Waals surface area contributed by atoms with Crippen molar-refractivity contribution in [1.82, 2.24) is 0 Å². The highest BCUT2D eigenvalue weighted by atomic mass is 14.6. The highest BCUT2D eigenvalue weighted by Gasteiger charge is 2.53. The van der Waals surface area contributed by atoms with Gasteiger partial charge in [0.1, 0.15) is 0 Å². The Balaban J connectivity index is 1.25. The lowest BCUT2D eigenvalue weighted by molar-refractivity contribution is -0.0294. The molecule has 9 aliphatic rings. The topological polar surface area (TPSA) is 0 Å². The first-order chi connectivity index (χ1) is 13.7. The van der Waals surface area contributed by atoms with E-state index in [4.69, 9.17) is 0 Å². The zero-order chi connectivity index (χ0) is 18.3. The molecule has 8 bridgehead atoms. The standard InChI is InChI=1S/C28H36/c1-2-4-26(28-16-22-10-23(17-28)12-24(11-22)18-28)6-5-25(3-1)27-13-19-7-20(14-27)9-21(8-19)15-27/h1-6,19-24H,7-18H2/b2-1?,3-1-,4-2-,6-5?,25-3?,25-5+,26-4?,26-6+. The van der Waals surface area contributed by atoms with Crippen LogP contribution in [0.4, 0.5) is 0 Å². The predicted molar refractivity (Wildman–Crippen MR) is 116 cm³/mol. The fourth-order valence-corrected chi connectivity index (χ4v) is 10.2. The second-order valence-corrected chi connectivity index (χ2v) is 12.4. The Labute approximate surface area is 171 Å². The summed E-state index contributed by atoms with van der Waals surface area (Å²) in [6.45, 7) is 0. The third-order valence-electron chi connectivity index (χ3n) is 10.4. The fraction of sp³-hybridized carbons (Fsp3) is 0.714. The first-order valence-corrected chi connectivity index (χ1v) is 12.5. The number of hydrogen-bond donors (Lipinski definition) is 0. The third-order valence-corrected chi connectivity index (χ3v) is 10.4. The summed E-state index contributed by atoms with van der Waals surface area (Å²) in [6.07, 6.45) is 33.2. The molecule has 0 saturated heterocycles. The van der Waals surface area contributed by atoms with Crippen LogP contribution in [0.25, 0.3) is 0 Å². The van der Waals surface area contributed by atoms with Gasteiger partial charge in [0.15, 0.2) is 0 Å². The first kappa shape index (κ1) is 16.7. The molecule has 0 aliphatic heterocycles. The van der Waals surface area contributed by atoms with E-state index in [9.17, 15) is 0 Å².